The summed E-state index contributed by atoms with van der Waals surface area (Å²) in [4.78, 5) is 15.9. The number of hydrogen-bond acceptors (Lipinski definition) is 5. The zero-order valence-corrected chi connectivity index (χ0v) is 13.4. The molecule has 0 saturated carbocycles. The molecule has 1 aliphatic rings. The van der Waals surface area contributed by atoms with Crippen molar-refractivity contribution in [2.75, 3.05) is 26.8 Å². The van der Waals surface area contributed by atoms with Crippen molar-refractivity contribution in [2.24, 2.45) is 7.05 Å². The smallest absolute Gasteiger partial charge is 0.331 e. The Balaban J connectivity index is 2.27. The number of methoxy groups -OCH3 is 1. The molecule has 0 bridgehead atoms. The molecule has 2 heterocycles. The zero-order chi connectivity index (χ0) is 14.6. The topological polar surface area (TPSA) is 65.4 Å². The van der Waals surface area contributed by atoms with Crippen molar-refractivity contribution in [2.45, 2.75) is 24.9 Å². The molecule has 1 aromatic heterocycles. The third-order valence-corrected chi connectivity index (χ3v) is 3.97. The van der Waals surface area contributed by atoms with Gasteiger partial charge in [0.25, 0.3) is 0 Å². The summed E-state index contributed by atoms with van der Waals surface area (Å²) in [5, 5.41) is 3.35. The third-order valence-electron chi connectivity index (χ3n) is 3.59. The van der Waals surface area contributed by atoms with Gasteiger partial charge in [0.1, 0.15) is 22.6 Å². The van der Waals surface area contributed by atoms with Gasteiger partial charge in [0, 0.05) is 13.2 Å². The minimum Gasteiger partial charge on any atom is -0.467 e. The van der Waals surface area contributed by atoms with Crippen LogP contribution in [0.2, 0.25) is 0 Å². The lowest BCUT2D eigenvalue weighted by atomic mass is 9.93. The van der Waals surface area contributed by atoms with Crippen molar-refractivity contribution in [3.8, 4) is 0 Å². The highest BCUT2D eigenvalue weighted by Gasteiger charge is 2.38. The number of rotatable bonds is 4. The Hall–Kier alpha value is -0.920. The van der Waals surface area contributed by atoms with Crippen LogP contribution in [-0.4, -0.2) is 42.3 Å². The molecule has 1 aliphatic heterocycles. The molecule has 7 heteroatoms. The van der Waals surface area contributed by atoms with Crippen LogP contribution in [0, 0.1) is 0 Å². The molecule has 6 nitrogen and oxygen atoms in total. The Morgan fingerprint density at radius 3 is 3.00 bits per heavy atom. The van der Waals surface area contributed by atoms with Crippen molar-refractivity contribution < 1.29 is 14.3 Å². The van der Waals surface area contributed by atoms with E-state index in [9.17, 15) is 4.79 Å². The number of nitrogens with one attached hydrogen (secondary N) is 1. The summed E-state index contributed by atoms with van der Waals surface area (Å²) in [6.07, 6.45) is 4.48. The van der Waals surface area contributed by atoms with Gasteiger partial charge in [-0.2, -0.15) is 0 Å². The van der Waals surface area contributed by atoms with Crippen LogP contribution in [0.4, 0.5) is 0 Å². The number of imidazole rings is 1. The van der Waals surface area contributed by atoms with E-state index in [1.807, 2.05) is 17.8 Å². The highest BCUT2D eigenvalue weighted by atomic mass is 79.9. The van der Waals surface area contributed by atoms with Gasteiger partial charge < -0.3 is 19.4 Å². The summed E-state index contributed by atoms with van der Waals surface area (Å²) < 4.78 is 13.4. The minimum absolute atomic E-state index is 0.0546. The molecular weight excluding hydrogens is 326 g/mol. The molecule has 1 atom stereocenters. The van der Waals surface area contributed by atoms with Crippen molar-refractivity contribution >= 4 is 21.9 Å². The summed E-state index contributed by atoms with van der Waals surface area (Å²) in [7, 11) is 3.30. The molecule has 1 saturated heterocycles. The van der Waals surface area contributed by atoms with Gasteiger partial charge in [-0.25, -0.2) is 9.78 Å². The van der Waals surface area contributed by atoms with E-state index in [0.717, 1.165) is 42.8 Å². The van der Waals surface area contributed by atoms with Crippen LogP contribution >= 0.6 is 15.9 Å². The Labute approximate surface area is 127 Å². The van der Waals surface area contributed by atoms with Crippen molar-refractivity contribution in [3.63, 3.8) is 0 Å². The lowest BCUT2D eigenvalue weighted by Gasteiger charge is -2.31. The predicted octanol–water partition coefficient (Wildman–Crippen LogP) is 1.34. The maximum atomic E-state index is 11.4. The maximum Gasteiger partial charge on any atom is 0.331 e. The molecule has 112 valence electrons. The van der Waals surface area contributed by atoms with Gasteiger partial charge in [-0.1, -0.05) is 0 Å². The molecular formula is C13H20BrN3O3. The maximum absolute atomic E-state index is 11.4. The van der Waals surface area contributed by atoms with Gasteiger partial charge in [0.15, 0.2) is 0 Å². The standard InChI is InChI=1S/C13H20BrN3O3/c1-17-8-10(14)16-12(17)13(20-9-11(18)19-2)4-3-6-15-7-5-13/h8,15H,3-7,9H2,1-2H3. The van der Waals surface area contributed by atoms with Crippen LogP contribution in [0.5, 0.6) is 0 Å². The molecule has 0 radical (unpaired) electrons. The van der Waals surface area contributed by atoms with Crippen LogP contribution < -0.4 is 5.32 Å². The number of hydrogen-bond donors (Lipinski definition) is 1. The fourth-order valence-electron chi connectivity index (χ4n) is 2.58. The second-order valence-corrected chi connectivity index (χ2v) is 5.77. The molecule has 0 aromatic carbocycles. The molecule has 1 aromatic rings. The third kappa shape index (κ3) is 3.39. The van der Waals surface area contributed by atoms with Gasteiger partial charge in [0.2, 0.25) is 0 Å². The summed E-state index contributed by atoms with van der Waals surface area (Å²) in [6, 6.07) is 0. The van der Waals surface area contributed by atoms with Gasteiger partial charge in [-0.15, -0.1) is 0 Å². The Kier molecular flexibility index (Phi) is 5.17. The van der Waals surface area contributed by atoms with Crippen LogP contribution in [0.3, 0.4) is 0 Å². The van der Waals surface area contributed by atoms with Gasteiger partial charge in [0.05, 0.1) is 7.11 Å². The van der Waals surface area contributed by atoms with Crippen molar-refractivity contribution in [1.29, 1.82) is 0 Å². The lowest BCUT2D eigenvalue weighted by Crippen LogP contribution is -2.36. The van der Waals surface area contributed by atoms with Crippen molar-refractivity contribution in [3.05, 3.63) is 16.6 Å². The molecule has 1 unspecified atom stereocenters. The van der Waals surface area contributed by atoms with E-state index in [4.69, 9.17) is 4.74 Å². The first-order valence-corrected chi connectivity index (χ1v) is 7.47. The summed E-state index contributed by atoms with van der Waals surface area (Å²) in [6.45, 7) is 1.74. The first-order chi connectivity index (χ1) is 9.57. The van der Waals surface area contributed by atoms with E-state index >= 15 is 0 Å². The SMILES string of the molecule is COC(=O)COC1(c2nc(Br)cn2C)CCCNCC1. The second kappa shape index (κ2) is 6.69. The summed E-state index contributed by atoms with van der Waals surface area (Å²) in [5.41, 5.74) is -0.543. The Morgan fingerprint density at radius 2 is 2.35 bits per heavy atom. The summed E-state index contributed by atoms with van der Waals surface area (Å²) >= 11 is 3.39. The number of aryl methyl sites for hydroxylation is 1. The number of carbonyl (C=O) groups excluding carboxylic acids is 1. The van der Waals surface area contributed by atoms with Crippen molar-refractivity contribution in [1.82, 2.24) is 14.9 Å². The van der Waals surface area contributed by atoms with Crippen LogP contribution in [0.25, 0.3) is 0 Å². The highest BCUT2D eigenvalue weighted by molar-refractivity contribution is 9.10. The zero-order valence-electron chi connectivity index (χ0n) is 11.8. The molecule has 0 amide bonds. The molecule has 20 heavy (non-hydrogen) atoms. The average Bonchev–Trinajstić information content (AvgIpc) is 2.66. The molecule has 0 spiro atoms. The molecule has 0 aliphatic carbocycles. The Bertz CT molecular complexity index is 467. The number of carbonyl (C=O) groups is 1. The number of esters is 1. The van der Waals surface area contributed by atoms with Crippen LogP contribution in [0.1, 0.15) is 25.1 Å². The van der Waals surface area contributed by atoms with E-state index in [1.165, 1.54) is 7.11 Å². The first kappa shape index (κ1) is 15.5. The van der Waals surface area contributed by atoms with Gasteiger partial charge >= 0.3 is 5.97 Å². The molecule has 1 fully saturated rings. The molecule has 2 rings (SSSR count). The first-order valence-electron chi connectivity index (χ1n) is 6.68. The normalized spacial score (nSPS) is 23.4. The van der Waals surface area contributed by atoms with E-state index < -0.39 is 5.60 Å². The fraction of sp³-hybridized carbons (Fsp3) is 0.692. The predicted molar refractivity (Wildman–Crippen MR) is 77.3 cm³/mol. The lowest BCUT2D eigenvalue weighted by molar-refractivity contribution is -0.156. The quantitative estimate of drug-likeness (QED) is 0.834. The number of aromatic nitrogens is 2. The largest absolute Gasteiger partial charge is 0.467 e. The molecule has 1 N–H and O–H groups in total. The summed E-state index contributed by atoms with van der Waals surface area (Å²) in [5.74, 6) is 0.479. The average molecular weight is 346 g/mol. The number of halogens is 1. The fourth-order valence-corrected chi connectivity index (χ4v) is 3.06. The van der Waals surface area contributed by atoms with E-state index in [2.05, 4.69) is 31.0 Å². The number of nitrogens with zero attached hydrogens (tertiary/aromatic N) is 2. The monoisotopic (exact) mass is 345 g/mol. The Morgan fingerprint density at radius 1 is 1.55 bits per heavy atom. The number of ether oxygens (including phenoxy) is 2. The highest BCUT2D eigenvalue weighted by Crippen LogP contribution is 2.35. The van der Waals surface area contributed by atoms with E-state index in [-0.39, 0.29) is 12.6 Å². The van der Waals surface area contributed by atoms with Gasteiger partial charge in [-0.3, -0.25) is 0 Å². The van der Waals surface area contributed by atoms with E-state index in [1.54, 1.807) is 0 Å². The van der Waals surface area contributed by atoms with Crippen LogP contribution in [-0.2, 0) is 26.9 Å². The van der Waals surface area contributed by atoms with E-state index in [0.29, 0.717) is 0 Å². The second-order valence-electron chi connectivity index (χ2n) is 4.96. The van der Waals surface area contributed by atoms with Crippen LogP contribution in [0.15, 0.2) is 10.8 Å². The minimum atomic E-state index is -0.543. The van der Waals surface area contributed by atoms with Gasteiger partial charge in [-0.05, 0) is 48.3 Å².